The average Bonchev–Trinajstić information content (AvgIpc) is 2.52. The van der Waals surface area contributed by atoms with Gasteiger partial charge in [-0.2, -0.15) is 0 Å². The number of benzene rings is 2. The van der Waals surface area contributed by atoms with Crippen molar-refractivity contribution in [3.05, 3.63) is 41.4 Å². The van der Waals surface area contributed by atoms with Crippen molar-refractivity contribution in [1.29, 1.82) is 0 Å². The maximum Gasteiger partial charge on any atom is 0.221 e. The van der Waals surface area contributed by atoms with Crippen molar-refractivity contribution >= 4 is 28.5 Å². The Labute approximate surface area is 132 Å². The summed E-state index contributed by atoms with van der Waals surface area (Å²) < 4.78 is 10.6. The fraction of sp³-hybridized carbons (Fsp3) is 0.125. The van der Waals surface area contributed by atoms with Gasteiger partial charge in [0.1, 0.15) is 0 Å². The molecule has 0 spiro atoms. The first kappa shape index (κ1) is 14.4. The van der Waals surface area contributed by atoms with Crippen LogP contribution in [0.5, 0.6) is 11.5 Å². The quantitative estimate of drug-likeness (QED) is 0.800. The van der Waals surface area contributed by atoms with E-state index < -0.39 is 0 Å². The van der Waals surface area contributed by atoms with Gasteiger partial charge in [-0.15, -0.1) is 0 Å². The first-order valence-electron chi connectivity index (χ1n) is 6.57. The molecule has 0 atom stereocenters. The third-order valence-electron chi connectivity index (χ3n) is 3.33. The van der Waals surface area contributed by atoms with E-state index in [1.54, 1.807) is 26.4 Å². The number of rotatable bonds is 3. The summed E-state index contributed by atoms with van der Waals surface area (Å²) in [6, 6.07) is 11.0. The average molecular weight is 316 g/mol. The Morgan fingerprint density at radius 2 is 1.73 bits per heavy atom. The monoisotopic (exact) mass is 315 g/mol. The van der Waals surface area contributed by atoms with Crippen molar-refractivity contribution in [3.63, 3.8) is 0 Å². The lowest BCUT2D eigenvalue weighted by molar-refractivity contribution is 0.355. The van der Waals surface area contributed by atoms with Gasteiger partial charge in [-0.05, 0) is 36.4 Å². The lowest BCUT2D eigenvalue weighted by atomic mass is 10.1. The van der Waals surface area contributed by atoms with Crippen LogP contribution in [0.15, 0.2) is 36.4 Å². The van der Waals surface area contributed by atoms with Crippen LogP contribution in [0.2, 0.25) is 5.02 Å². The standard InChI is InChI=1S/C16H14ClN3O2/c1-21-13-6-3-9(7-14(13)22-2)15-11-5-4-10(17)8-12(11)19-16(18)20-15/h3-8H,1-2H3,(H2,18,19,20). The van der Waals surface area contributed by atoms with Gasteiger partial charge in [-0.3, -0.25) is 0 Å². The van der Waals surface area contributed by atoms with Gasteiger partial charge in [0.15, 0.2) is 11.5 Å². The predicted octanol–water partition coefficient (Wildman–Crippen LogP) is 3.55. The minimum absolute atomic E-state index is 0.194. The molecule has 0 amide bonds. The van der Waals surface area contributed by atoms with Crippen LogP contribution in [-0.4, -0.2) is 24.2 Å². The Morgan fingerprint density at radius 3 is 2.45 bits per heavy atom. The first-order chi connectivity index (χ1) is 10.6. The van der Waals surface area contributed by atoms with E-state index in [4.69, 9.17) is 26.8 Å². The fourth-order valence-electron chi connectivity index (χ4n) is 2.32. The highest BCUT2D eigenvalue weighted by Gasteiger charge is 2.12. The van der Waals surface area contributed by atoms with E-state index >= 15 is 0 Å². The SMILES string of the molecule is COc1ccc(-c2nc(N)nc3cc(Cl)ccc23)cc1OC. The van der Waals surface area contributed by atoms with Gasteiger partial charge in [-0.1, -0.05) is 11.6 Å². The topological polar surface area (TPSA) is 70.3 Å². The van der Waals surface area contributed by atoms with Crippen LogP contribution >= 0.6 is 11.6 Å². The van der Waals surface area contributed by atoms with E-state index in [1.807, 2.05) is 24.3 Å². The molecule has 1 heterocycles. The maximum atomic E-state index is 6.02. The molecular weight excluding hydrogens is 302 g/mol. The van der Waals surface area contributed by atoms with Crippen LogP contribution in [0.25, 0.3) is 22.2 Å². The second-order valence-electron chi connectivity index (χ2n) is 4.66. The number of halogens is 1. The predicted molar refractivity (Wildman–Crippen MR) is 87.5 cm³/mol. The van der Waals surface area contributed by atoms with Crippen LogP contribution < -0.4 is 15.2 Å². The van der Waals surface area contributed by atoms with Crippen LogP contribution in [0, 0.1) is 0 Å². The Hall–Kier alpha value is -2.53. The van der Waals surface area contributed by atoms with Crippen molar-refractivity contribution < 1.29 is 9.47 Å². The molecule has 1 aromatic heterocycles. The second kappa shape index (κ2) is 5.69. The molecule has 6 heteroatoms. The highest BCUT2D eigenvalue weighted by atomic mass is 35.5. The fourth-order valence-corrected chi connectivity index (χ4v) is 2.49. The summed E-state index contributed by atoms with van der Waals surface area (Å²) in [5.41, 5.74) is 8.10. The Morgan fingerprint density at radius 1 is 0.955 bits per heavy atom. The van der Waals surface area contributed by atoms with Crippen LogP contribution in [0.3, 0.4) is 0 Å². The smallest absolute Gasteiger partial charge is 0.221 e. The summed E-state index contributed by atoms with van der Waals surface area (Å²) in [6.07, 6.45) is 0. The number of methoxy groups -OCH3 is 2. The number of fused-ring (bicyclic) bond motifs is 1. The normalized spacial score (nSPS) is 10.7. The molecule has 0 fully saturated rings. The van der Waals surface area contributed by atoms with E-state index in [0.29, 0.717) is 22.0 Å². The third kappa shape index (κ3) is 2.51. The molecule has 0 unspecified atom stereocenters. The zero-order valence-corrected chi connectivity index (χ0v) is 12.9. The molecule has 3 rings (SSSR count). The number of anilines is 1. The molecule has 0 radical (unpaired) electrons. The lowest BCUT2D eigenvalue weighted by Gasteiger charge is -2.11. The maximum absolute atomic E-state index is 6.02. The number of nitrogen functional groups attached to an aromatic ring is 1. The molecule has 0 saturated carbocycles. The van der Waals surface area contributed by atoms with Crippen molar-refractivity contribution in [3.8, 4) is 22.8 Å². The number of hydrogen-bond donors (Lipinski definition) is 1. The molecule has 0 aliphatic rings. The number of hydrogen-bond acceptors (Lipinski definition) is 5. The zero-order valence-electron chi connectivity index (χ0n) is 12.1. The molecule has 0 bridgehead atoms. The largest absolute Gasteiger partial charge is 0.493 e. The molecule has 2 aromatic carbocycles. The summed E-state index contributed by atoms with van der Waals surface area (Å²) in [5, 5.41) is 1.47. The number of ether oxygens (including phenoxy) is 2. The van der Waals surface area contributed by atoms with Gasteiger partial charge in [0, 0.05) is 16.0 Å². The lowest BCUT2D eigenvalue weighted by Crippen LogP contribution is -1.98. The molecule has 0 saturated heterocycles. The molecule has 22 heavy (non-hydrogen) atoms. The van der Waals surface area contributed by atoms with Crippen molar-refractivity contribution in [2.24, 2.45) is 0 Å². The van der Waals surface area contributed by atoms with Gasteiger partial charge in [0.05, 0.1) is 25.4 Å². The van der Waals surface area contributed by atoms with Gasteiger partial charge in [0.25, 0.3) is 0 Å². The van der Waals surface area contributed by atoms with Crippen molar-refractivity contribution in [1.82, 2.24) is 9.97 Å². The van der Waals surface area contributed by atoms with Gasteiger partial charge in [0.2, 0.25) is 5.95 Å². The summed E-state index contributed by atoms with van der Waals surface area (Å²) in [7, 11) is 3.19. The molecule has 5 nitrogen and oxygen atoms in total. The number of nitrogens with zero attached hydrogens (tertiary/aromatic N) is 2. The van der Waals surface area contributed by atoms with E-state index in [-0.39, 0.29) is 5.95 Å². The molecule has 0 aliphatic heterocycles. The van der Waals surface area contributed by atoms with E-state index in [1.165, 1.54) is 0 Å². The first-order valence-corrected chi connectivity index (χ1v) is 6.95. The summed E-state index contributed by atoms with van der Waals surface area (Å²) in [5.74, 6) is 1.47. The molecular formula is C16H14ClN3O2. The summed E-state index contributed by atoms with van der Waals surface area (Å²) in [4.78, 5) is 8.58. The Bertz CT molecular complexity index is 847. The summed E-state index contributed by atoms with van der Waals surface area (Å²) in [6.45, 7) is 0. The minimum Gasteiger partial charge on any atom is -0.493 e. The molecule has 0 aliphatic carbocycles. The van der Waals surface area contributed by atoms with Gasteiger partial charge >= 0.3 is 0 Å². The highest BCUT2D eigenvalue weighted by Crippen LogP contribution is 2.34. The number of aromatic nitrogens is 2. The Balaban J connectivity index is 2.25. The van der Waals surface area contributed by atoms with E-state index in [2.05, 4.69) is 9.97 Å². The van der Waals surface area contributed by atoms with E-state index in [9.17, 15) is 0 Å². The second-order valence-corrected chi connectivity index (χ2v) is 5.10. The summed E-state index contributed by atoms with van der Waals surface area (Å²) >= 11 is 6.02. The third-order valence-corrected chi connectivity index (χ3v) is 3.57. The Kier molecular flexibility index (Phi) is 3.73. The van der Waals surface area contributed by atoms with Crippen LogP contribution in [-0.2, 0) is 0 Å². The number of nitrogens with two attached hydrogens (primary N) is 1. The van der Waals surface area contributed by atoms with Gasteiger partial charge in [-0.25, -0.2) is 9.97 Å². The van der Waals surface area contributed by atoms with Crippen molar-refractivity contribution in [2.75, 3.05) is 20.0 Å². The molecule has 112 valence electrons. The zero-order chi connectivity index (χ0) is 15.7. The van der Waals surface area contributed by atoms with Crippen LogP contribution in [0.4, 0.5) is 5.95 Å². The van der Waals surface area contributed by atoms with Crippen LogP contribution in [0.1, 0.15) is 0 Å². The van der Waals surface area contributed by atoms with Gasteiger partial charge < -0.3 is 15.2 Å². The molecule has 2 N–H and O–H groups in total. The highest BCUT2D eigenvalue weighted by molar-refractivity contribution is 6.31. The van der Waals surface area contributed by atoms with E-state index in [0.717, 1.165) is 16.6 Å². The van der Waals surface area contributed by atoms with Crippen molar-refractivity contribution in [2.45, 2.75) is 0 Å². The minimum atomic E-state index is 0.194. The molecule has 3 aromatic rings.